The quantitative estimate of drug-likeness (QED) is 0.358. The van der Waals surface area contributed by atoms with Crippen LogP contribution >= 0.6 is 0 Å². The van der Waals surface area contributed by atoms with Crippen molar-refractivity contribution < 1.29 is 20.1 Å². The van der Waals surface area contributed by atoms with Gasteiger partial charge in [-0.1, -0.05) is 53.9 Å². The van der Waals surface area contributed by atoms with E-state index in [0.717, 1.165) is 16.8 Å². The largest absolute Gasteiger partial charge is 0.296 e. The van der Waals surface area contributed by atoms with Crippen LogP contribution in [-0.2, 0) is 20.1 Å². The Labute approximate surface area is 143 Å². The van der Waals surface area contributed by atoms with Gasteiger partial charge in [0.25, 0.3) is 0 Å². The van der Waals surface area contributed by atoms with Crippen LogP contribution in [0.2, 0.25) is 0 Å². The fourth-order valence-electron chi connectivity index (χ4n) is 2.76. The number of hydrogen-bond donors (Lipinski definition) is 0. The van der Waals surface area contributed by atoms with Gasteiger partial charge in [-0.25, -0.2) is 0 Å². The van der Waals surface area contributed by atoms with Gasteiger partial charge in [0.05, 0.1) is 5.52 Å². The van der Waals surface area contributed by atoms with E-state index in [4.69, 9.17) is 4.98 Å². The van der Waals surface area contributed by atoms with Crippen LogP contribution in [-0.4, -0.2) is 4.98 Å². The van der Waals surface area contributed by atoms with Gasteiger partial charge in [0.15, 0.2) is 0 Å². The second kappa shape index (κ2) is 6.00. The molecule has 0 amide bonds. The second-order valence-electron chi connectivity index (χ2n) is 5.32. The summed E-state index contributed by atoms with van der Waals surface area (Å²) in [6, 6.07) is 26.3. The van der Waals surface area contributed by atoms with Gasteiger partial charge in [-0.2, -0.15) is 0 Å². The van der Waals surface area contributed by atoms with Gasteiger partial charge in [-0.3, -0.25) is 4.98 Å². The van der Waals surface area contributed by atoms with Crippen LogP contribution in [0.25, 0.3) is 32.9 Å². The zero-order valence-electron chi connectivity index (χ0n) is 12.1. The molecule has 1 heterocycles. The fourth-order valence-corrected chi connectivity index (χ4v) is 2.76. The molecule has 1 nitrogen and oxygen atoms in total. The molecule has 0 fully saturated rings. The third-order valence-corrected chi connectivity index (χ3v) is 3.88. The molecule has 3 aromatic carbocycles. The first-order valence-electron chi connectivity index (χ1n) is 7.08. The number of pyridine rings is 1. The number of benzene rings is 3. The van der Waals surface area contributed by atoms with Crippen LogP contribution in [0.4, 0.5) is 0 Å². The predicted molar refractivity (Wildman–Crippen MR) is 88.3 cm³/mol. The molecular weight excluding hydrogens is 446 g/mol. The van der Waals surface area contributed by atoms with E-state index in [1.54, 1.807) is 0 Å². The molecule has 0 aliphatic heterocycles. The summed E-state index contributed by atoms with van der Waals surface area (Å²) in [4.78, 5) is 4.78. The Bertz CT molecular complexity index is 960. The van der Waals surface area contributed by atoms with Crippen molar-refractivity contribution in [2.75, 3.05) is 0 Å². The molecule has 22 heavy (non-hydrogen) atoms. The SMILES string of the molecule is Cc1cc(-c2[c-]cc3ccccc3c2)nc2ccccc12.[Ir]. The molecule has 1 radical (unpaired) electrons. The first-order valence-corrected chi connectivity index (χ1v) is 7.08. The van der Waals surface area contributed by atoms with Crippen molar-refractivity contribution in [3.8, 4) is 11.3 Å². The predicted octanol–water partition coefficient (Wildman–Crippen LogP) is 5.16. The number of para-hydroxylation sites is 1. The van der Waals surface area contributed by atoms with Gasteiger partial charge in [0, 0.05) is 25.5 Å². The molecule has 1 aromatic heterocycles. The van der Waals surface area contributed by atoms with Crippen molar-refractivity contribution in [1.29, 1.82) is 0 Å². The van der Waals surface area contributed by atoms with Gasteiger partial charge in [0.1, 0.15) is 0 Å². The monoisotopic (exact) mass is 461 g/mol. The number of nitrogens with zero attached hydrogens (tertiary/aromatic N) is 1. The zero-order chi connectivity index (χ0) is 14.2. The standard InChI is InChI=1S/C20H14N.Ir/c1-14-12-20(21-19-9-5-4-8-18(14)19)17-11-10-15-6-2-3-7-16(15)13-17;/h2-10,12-13H,1H3;/q-1;. The summed E-state index contributed by atoms with van der Waals surface area (Å²) in [5, 5.41) is 3.64. The van der Waals surface area contributed by atoms with Gasteiger partial charge in [0.2, 0.25) is 0 Å². The maximum absolute atomic E-state index is 4.78. The van der Waals surface area contributed by atoms with Gasteiger partial charge in [-0.15, -0.1) is 29.1 Å². The average molecular weight is 461 g/mol. The fraction of sp³-hybridized carbons (Fsp3) is 0.0500. The summed E-state index contributed by atoms with van der Waals surface area (Å²) in [6.45, 7) is 2.13. The molecule has 0 N–H and O–H groups in total. The molecule has 4 rings (SSSR count). The van der Waals surface area contributed by atoms with Crippen LogP contribution in [0, 0.1) is 13.0 Å². The molecule has 109 valence electrons. The summed E-state index contributed by atoms with van der Waals surface area (Å²) in [7, 11) is 0. The molecule has 0 unspecified atom stereocenters. The maximum Gasteiger partial charge on any atom is 0.0597 e. The number of aromatic nitrogens is 1. The van der Waals surface area contributed by atoms with Crippen LogP contribution in [0.5, 0.6) is 0 Å². The summed E-state index contributed by atoms with van der Waals surface area (Å²) in [5.74, 6) is 0. The van der Waals surface area contributed by atoms with E-state index >= 15 is 0 Å². The summed E-state index contributed by atoms with van der Waals surface area (Å²) in [5.41, 5.74) is 4.31. The van der Waals surface area contributed by atoms with Crippen LogP contribution in [0.3, 0.4) is 0 Å². The number of aryl methyl sites for hydroxylation is 1. The first-order chi connectivity index (χ1) is 10.3. The Hall–Kier alpha value is -2.02. The van der Waals surface area contributed by atoms with Crippen molar-refractivity contribution in [2.45, 2.75) is 6.92 Å². The van der Waals surface area contributed by atoms with Crippen molar-refractivity contribution in [2.24, 2.45) is 0 Å². The second-order valence-corrected chi connectivity index (χ2v) is 5.32. The third-order valence-electron chi connectivity index (χ3n) is 3.88. The molecule has 0 atom stereocenters. The Morgan fingerprint density at radius 1 is 0.864 bits per heavy atom. The maximum atomic E-state index is 4.78. The van der Waals surface area contributed by atoms with Crippen molar-refractivity contribution in [3.63, 3.8) is 0 Å². The number of rotatable bonds is 1. The van der Waals surface area contributed by atoms with Crippen molar-refractivity contribution >= 4 is 21.7 Å². The Morgan fingerprint density at radius 3 is 2.45 bits per heavy atom. The first kappa shape index (κ1) is 14.9. The van der Waals surface area contributed by atoms with E-state index in [1.165, 1.54) is 21.7 Å². The van der Waals surface area contributed by atoms with E-state index in [9.17, 15) is 0 Å². The Morgan fingerprint density at radius 2 is 1.59 bits per heavy atom. The van der Waals surface area contributed by atoms with Gasteiger partial charge >= 0.3 is 0 Å². The minimum absolute atomic E-state index is 0. The summed E-state index contributed by atoms with van der Waals surface area (Å²) >= 11 is 0. The minimum Gasteiger partial charge on any atom is -0.296 e. The van der Waals surface area contributed by atoms with Crippen molar-refractivity contribution in [1.82, 2.24) is 4.98 Å². The topological polar surface area (TPSA) is 12.9 Å². The van der Waals surface area contributed by atoms with Crippen LogP contribution in [0.15, 0.2) is 66.7 Å². The minimum atomic E-state index is 0. The normalized spacial score (nSPS) is 10.6. The van der Waals surface area contributed by atoms with Gasteiger partial charge < -0.3 is 0 Å². The molecular formula is C20H14IrN-. The molecule has 0 aliphatic rings. The molecule has 0 saturated heterocycles. The van der Waals surface area contributed by atoms with E-state index in [-0.39, 0.29) is 20.1 Å². The molecule has 0 spiro atoms. The molecule has 0 saturated carbocycles. The Balaban J connectivity index is 0.00000144. The summed E-state index contributed by atoms with van der Waals surface area (Å²) in [6.07, 6.45) is 0. The van der Waals surface area contributed by atoms with E-state index in [2.05, 4.69) is 61.5 Å². The Kier molecular flexibility index (Phi) is 4.06. The van der Waals surface area contributed by atoms with E-state index < -0.39 is 0 Å². The van der Waals surface area contributed by atoms with Crippen molar-refractivity contribution in [3.05, 3.63) is 78.4 Å². The molecule has 2 heteroatoms. The van der Waals surface area contributed by atoms with Crippen LogP contribution in [0.1, 0.15) is 5.56 Å². The number of fused-ring (bicyclic) bond motifs is 2. The van der Waals surface area contributed by atoms with E-state index in [0.29, 0.717) is 0 Å². The smallest absolute Gasteiger partial charge is 0.0597 e. The zero-order valence-corrected chi connectivity index (χ0v) is 14.5. The average Bonchev–Trinajstić information content (AvgIpc) is 2.54. The molecule has 4 aromatic rings. The summed E-state index contributed by atoms with van der Waals surface area (Å²) < 4.78 is 0. The number of hydrogen-bond acceptors (Lipinski definition) is 1. The third kappa shape index (κ3) is 2.56. The van der Waals surface area contributed by atoms with Crippen LogP contribution < -0.4 is 0 Å². The molecule has 0 bridgehead atoms. The van der Waals surface area contributed by atoms with E-state index in [1.807, 2.05) is 18.2 Å². The van der Waals surface area contributed by atoms with Gasteiger partial charge in [-0.05, 0) is 24.2 Å². The molecule has 0 aliphatic carbocycles.